The van der Waals surface area contributed by atoms with Crippen LogP contribution in [0.25, 0.3) is 0 Å². The summed E-state index contributed by atoms with van der Waals surface area (Å²) in [5.41, 5.74) is 4.71. The second-order valence-electron chi connectivity index (χ2n) is 7.18. The minimum atomic E-state index is -2.69. The summed E-state index contributed by atoms with van der Waals surface area (Å²) in [6.07, 6.45) is 0. The van der Waals surface area contributed by atoms with Gasteiger partial charge >= 0.3 is 0 Å². The number of fused-ring (bicyclic) bond motifs is 1. The summed E-state index contributed by atoms with van der Waals surface area (Å²) in [5.74, 6) is -2.69. The minimum Gasteiger partial charge on any atom is -0.305 e. The summed E-state index contributed by atoms with van der Waals surface area (Å²) in [6, 6.07) is 6.80. The van der Waals surface area contributed by atoms with E-state index in [0.29, 0.717) is 13.1 Å². The van der Waals surface area contributed by atoms with E-state index >= 15 is 0 Å². The van der Waals surface area contributed by atoms with Gasteiger partial charge in [-0.3, -0.25) is 9.58 Å². The van der Waals surface area contributed by atoms with Crippen LogP contribution in [0, 0.1) is 13.8 Å². The number of hydrogen-bond acceptors (Lipinski definition) is 3. The molecule has 1 aliphatic rings. The summed E-state index contributed by atoms with van der Waals surface area (Å²) < 4.78 is 29.1. The van der Waals surface area contributed by atoms with Gasteiger partial charge in [0.2, 0.25) is 0 Å². The molecule has 2 heterocycles. The Morgan fingerprint density at radius 3 is 2.38 bits per heavy atom. The molecular formula is C20H30F2N4. The van der Waals surface area contributed by atoms with Crippen molar-refractivity contribution in [3.63, 3.8) is 0 Å². The van der Waals surface area contributed by atoms with Gasteiger partial charge in [-0.2, -0.15) is 13.9 Å². The van der Waals surface area contributed by atoms with Gasteiger partial charge in [-0.05, 0) is 40.1 Å². The molecule has 0 unspecified atom stereocenters. The number of rotatable bonds is 3. The molecule has 144 valence electrons. The SMILES string of the molecule is CCN1Cc2ccccc2C(F)(F)C1.Cc1nn(C)c(C)c1CN(C)C. The van der Waals surface area contributed by atoms with Gasteiger partial charge in [0.05, 0.1) is 12.2 Å². The Bertz CT molecular complexity index is 737. The van der Waals surface area contributed by atoms with Gasteiger partial charge in [-0.15, -0.1) is 0 Å². The van der Waals surface area contributed by atoms with Gasteiger partial charge < -0.3 is 4.90 Å². The molecule has 0 saturated carbocycles. The molecule has 6 heteroatoms. The molecule has 0 atom stereocenters. The first-order chi connectivity index (χ1) is 12.2. The Hall–Kier alpha value is -1.79. The normalized spacial score (nSPS) is 16.2. The molecule has 0 amide bonds. The predicted octanol–water partition coefficient (Wildman–Crippen LogP) is 3.71. The van der Waals surface area contributed by atoms with Crippen molar-refractivity contribution in [3.8, 4) is 0 Å². The van der Waals surface area contributed by atoms with Gasteiger partial charge in [0, 0.05) is 37.0 Å². The van der Waals surface area contributed by atoms with Gasteiger partial charge in [-0.1, -0.05) is 31.2 Å². The van der Waals surface area contributed by atoms with Crippen LogP contribution < -0.4 is 0 Å². The number of halogens is 2. The Balaban J connectivity index is 0.000000190. The molecule has 0 saturated heterocycles. The maximum atomic E-state index is 13.6. The molecule has 0 bridgehead atoms. The van der Waals surface area contributed by atoms with Crippen LogP contribution in [0.15, 0.2) is 24.3 Å². The fourth-order valence-electron chi connectivity index (χ4n) is 3.26. The third-order valence-corrected chi connectivity index (χ3v) is 4.81. The van der Waals surface area contributed by atoms with E-state index in [0.717, 1.165) is 17.8 Å². The molecular weight excluding hydrogens is 334 g/mol. The zero-order valence-electron chi connectivity index (χ0n) is 16.7. The molecule has 3 rings (SSSR count). The van der Waals surface area contributed by atoms with E-state index < -0.39 is 5.92 Å². The lowest BCUT2D eigenvalue weighted by Crippen LogP contribution is -2.40. The molecule has 0 N–H and O–H groups in total. The second-order valence-corrected chi connectivity index (χ2v) is 7.18. The molecule has 1 aromatic heterocycles. The van der Waals surface area contributed by atoms with Crippen molar-refractivity contribution < 1.29 is 8.78 Å². The number of aryl methyl sites for hydroxylation is 2. The number of nitrogens with zero attached hydrogens (tertiary/aromatic N) is 4. The van der Waals surface area contributed by atoms with E-state index in [9.17, 15) is 8.78 Å². The largest absolute Gasteiger partial charge is 0.305 e. The lowest BCUT2D eigenvalue weighted by atomic mass is 9.97. The van der Waals surface area contributed by atoms with Crippen LogP contribution in [0.3, 0.4) is 0 Å². The minimum absolute atomic E-state index is 0.152. The molecule has 2 aromatic rings. The van der Waals surface area contributed by atoms with Crippen molar-refractivity contribution in [2.75, 3.05) is 27.2 Å². The molecule has 0 aliphatic carbocycles. The Kier molecular flexibility index (Phi) is 6.53. The van der Waals surface area contributed by atoms with Crippen molar-refractivity contribution in [2.45, 2.75) is 39.8 Å². The van der Waals surface area contributed by atoms with Gasteiger partial charge in [0.15, 0.2) is 0 Å². The van der Waals surface area contributed by atoms with E-state index in [1.807, 2.05) is 24.7 Å². The lowest BCUT2D eigenvalue weighted by molar-refractivity contribution is -0.0509. The number of aromatic nitrogens is 2. The highest BCUT2D eigenvalue weighted by atomic mass is 19.3. The summed E-state index contributed by atoms with van der Waals surface area (Å²) in [4.78, 5) is 3.93. The van der Waals surface area contributed by atoms with Crippen LogP contribution in [0.4, 0.5) is 8.78 Å². The molecule has 0 spiro atoms. The molecule has 1 aromatic carbocycles. The Morgan fingerprint density at radius 1 is 1.19 bits per heavy atom. The topological polar surface area (TPSA) is 24.3 Å². The smallest absolute Gasteiger partial charge is 0.285 e. The lowest BCUT2D eigenvalue weighted by Gasteiger charge is -2.33. The second kappa shape index (κ2) is 8.27. The number of likely N-dealkylation sites (N-methyl/N-ethyl adjacent to an activating group) is 1. The maximum absolute atomic E-state index is 13.6. The first-order valence-electron chi connectivity index (χ1n) is 8.98. The zero-order chi connectivity index (χ0) is 19.5. The monoisotopic (exact) mass is 364 g/mol. The number of hydrogen-bond donors (Lipinski definition) is 0. The number of alkyl halides is 2. The highest BCUT2D eigenvalue weighted by Crippen LogP contribution is 2.35. The van der Waals surface area contributed by atoms with E-state index in [1.165, 1.54) is 17.3 Å². The highest BCUT2D eigenvalue weighted by molar-refractivity contribution is 5.33. The molecule has 4 nitrogen and oxygen atoms in total. The van der Waals surface area contributed by atoms with E-state index in [2.05, 4.69) is 37.9 Å². The molecule has 0 fully saturated rings. The maximum Gasteiger partial charge on any atom is 0.285 e. The van der Waals surface area contributed by atoms with Crippen molar-refractivity contribution in [1.82, 2.24) is 19.6 Å². The third-order valence-electron chi connectivity index (χ3n) is 4.81. The standard InChI is InChI=1S/C11H13F2N.C9H17N3/c1-2-14-7-9-5-3-4-6-10(9)11(12,13)8-14;1-7-9(6-11(3)4)8(2)12(5)10-7/h3-6H,2,7-8H2,1H3;6H2,1-5H3. The quantitative estimate of drug-likeness (QED) is 0.830. The molecule has 1 aliphatic heterocycles. The summed E-state index contributed by atoms with van der Waals surface area (Å²) in [5, 5.41) is 4.35. The average Bonchev–Trinajstić information content (AvgIpc) is 2.81. The highest BCUT2D eigenvalue weighted by Gasteiger charge is 2.39. The molecule has 26 heavy (non-hydrogen) atoms. The van der Waals surface area contributed by atoms with Crippen molar-refractivity contribution in [1.29, 1.82) is 0 Å². The Morgan fingerprint density at radius 2 is 1.85 bits per heavy atom. The van der Waals surface area contributed by atoms with Crippen molar-refractivity contribution >= 4 is 0 Å². The summed E-state index contributed by atoms with van der Waals surface area (Å²) >= 11 is 0. The van der Waals surface area contributed by atoms with Crippen LogP contribution in [-0.4, -0.2) is 46.8 Å². The average molecular weight is 364 g/mol. The number of benzene rings is 1. The Labute approximate surface area is 155 Å². The zero-order valence-corrected chi connectivity index (χ0v) is 16.7. The van der Waals surface area contributed by atoms with E-state index in [-0.39, 0.29) is 12.1 Å². The van der Waals surface area contributed by atoms with Crippen molar-refractivity contribution in [2.24, 2.45) is 7.05 Å². The van der Waals surface area contributed by atoms with Gasteiger partial charge in [0.1, 0.15) is 0 Å². The van der Waals surface area contributed by atoms with Crippen LogP contribution in [0.1, 0.15) is 35.0 Å². The van der Waals surface area contributed by atoms with Crippen molar-refractivity contribution in [3.05, 3.63) is 52.3 Å². The summed E-state index contributed by atoms with van der Waals surface area (Å²) in [7, 11) is 6.14. The van der Waals surface area contributed by atoms with E-state index in [4.69, 9.17) is 0 Å². The van der Waals surface area contributed by atoms with Crippen LogP contribution in [-0.2, 0) is 26.1 Å². The fraction of sp³-hybridized carbons (Fsp3) is 0.550. The first kappa shape index (κ1) is 20.5. The van der Waals surface area contributed by atoms with E-state index in [1.54, 1.807) is 17.0 Å². The third kappa shape index (κ3) is 4.68. The predicted molar refractivity (Wildman–Crippen MR) is 101 cm³/mol. The first-order valence-corrected chi connectivity index (χ1v) is 8.98. The van der Waals surface area contributed by atoms with Crippen LogP contribution in [0.5, 0.6) is 0 Å². The van der Waals surface area contributed by atoms with Crippen LogP contribution in [0.2, 0.25) is 0 Å². The van der Waals surface area contributed by atoms with Gasteiger partial charge in [0.25, 0.3) is 5.92 Å². The fourth-order valence-corrected chi connectivity index (χ4v) is 3.26. The molecule has 0 radical (unpaired) electrons. The van der Waals surface area contributed by atoms with Crippen LogP contribution >= 0.6 is 0 Å². The van der Waals surface area contributed by atoms with Gasteiger partial charge in [-0.25, -0.2) is 0 Å². The summed E-state index contributed by atoms with van der Waals surface area (Å²) in [6.45, 7) is 8.22.